The summed E-state index contributed by atoms with van der Waals surface area (Å²) in [6, 6.07) is 19.2. The third-order valence-electron chi connectivity index (χ3n) is 2.81. The molecule has 6 nitrogen and oxygen atoms in total. The fourth-order valence-electron chi connectivity index (χ4n) is 1.71. The van der Waals surface area contributed by atoms with Crippen LogP contribution in [-0.4, -0.2) is 22.2 Å². The third-order valence-corrected chi connectivity index (χ3v) is 3.20. The number of hydrogen-bond donors (Lipinski definition) is 4. The minimum Gasteiger partial charge on any atom is -0.331 e. The zero-order valence-electron chi connectivity index (χ0n) is 13.6. The van der Waals surface area contributed by atoms with Crippen molar-refractivity contribution in [3.8, 4) is 0 Å². The summed E-state index contributed by atoms with van der Waals surface area (Å²) in [4.78, 5) is 0. The minimum atomic E-state index is 0.393. The van der Waals surface area contributed by atoms with Crippen LogP contribution in [0.2, 0.25) is 0 Å². The van der Waals surface area contributed by atoms with Crippen LogP contribution < -0.4 is 21.5 Å². The second-order valence-corrected chi connectivity index (χ2v) is 5.69. The van der Waals surface area contributed by atoms with Crippen molar-refractivity contribution in [3.05, 3.63) is 60.7 Å². The molecule has 2 rings (SSSR count). The van der Waals surface area contributed by atoms with Crippen LogP contribution >= 0.6 is 24.4 Å². The van der Waals surface area contributed by atoms with Gasteiger partial charge < -0.3 is 10.6 Å². The molecule has 0 saturated carbocycles. The highest BCUT2D eigenvalue weighted by Crippen LogP contribution is 2.04. The van der Waals surface area contributed by atoms with Crippen molar-refractivity contribution in [2.75, 3.05) is 10.6 Å². The van der Waals surface area contributed by atoms with Gasteiger partial charge >= 0.3 is 0 Å². The highest BCUT2D eigenvalue weighted by Gasteiger charge is 1.96. The van der Waals surface area contributed by atoms with E-state index in [2.05, 4.69) is 31.7 Å². The van der Waals surface area contributed by atoms with Crippen molar-refractivity contribution in [1.82, 2.24) is 10.9 Å². The molecule has 4 N–H and O–H groups in total. The summed E-state index contributed by atoms with van der Waals surface area (Å²) in [5, 5.41) is 15.0. The number of hydrazone groups is 2. The van der Waals surface area contributed by atoms with E-state index >= 15 is 0 Å². The van der Waals surface area contributed by atoms with Crippen LogP contribution in [0.3, 0.4) is 0 Å². The normalized spacial score (nSPS) is 11.0. The molecular weight excluding hydrogens is 352 g/mol. The fourth-order valence-corrected chi connectivity index (χ4v) is 2.05. The number of nitrogens with zero attached hydrogens (tertiary/aromatic N) is 2. The molecule has 0 unspecified atom stereocenters. The third kappa shape index (κ3) is 7.51. The summed E-state index contributed by atoms with van der Waals surface area (Å²) in [6.07, 6.45) is 1.54. The van der Waals surface area contributed by atoms with Crippen LogP contribution in [0.25, 0.3) is 0 Å². The summed E-state index contributed by atoms with van der Waals surface area (Å²) in [5.74, 6) is 0. The highest BCUT2D eigenvalue weighted by molar-refractivity contribution is 7.80. The first-order chi connectivity index (χ1) is 12.1. The van der Waals surface area contributed by atoms with Gasteiger partial charge in [0.05, 0.1) is 11.9 Å². The topological polar surface area (TPSA) is 72.8 Å². The van der Waals surface area contributed by atoms with Gasteiger partial charge in [-0.2, -0.15) is 10.2 Å². The van der Waals surface area contributed by atoms with Gasteiger partial charge in [-0.15, -0.1) is 0 Å². The Labute approximate surface area is 157 Å². The van der Waals surface area contributed by atoms with E-state index in [-0.39, 0.29) is 0 Å². The van der Waals surface area contributed by atoms with Crippen LogP contribution in [0.1, 0.15) is 6.92 Å². The first-order valence-corrected chi connectivity index (χ1v) is 8.26. The van der Waals surface area contributed by atoms with E-state index in [1.54, 1.807) is 6.92 Å². The average Bonchev–Trinajstić information content (AvgIpc) is 2.62. The maximum absolute atomic E-state index is 5.16. The molecular formula is C17H18N6S2. The van der Waals surface area contributed by atoms with E-state index in [1.165, 1.54) is 6.21 Å². The molecule has 2 aromatic carbocycles. The summed E-state index contributed by atoms with van der Waals surface area (Å²) >= 11 is 10.3. The maximum atomic E-state index is 5.16. The largest absolute Gasteiger partial charge is 0.331 e. The van der Waals surface area contributed by atoms with Crippen LogP contribution in [0.5, 0.6) is 0 Å². The molecule has 2 aromatic rings. The predicted octanol–water partition coefficient (Wildman–Crippen LogP) is 3.32. The van der Waals surface area contributed by atoms with Gasteiger partial charge in [-0.05, 0) is 55.6 Å². The summed E-state index contributed by atoms with van der Waals surface area (Å²) in [5.41, 5.74) is 7.88. The van der Waals surface area contributed by atoms with E-state index in [9.17, 15) is 0 Å². The van der Waals surface area contributed by atoms with Gasteiger partial charge in [0, 0.05) is 11.4 Å². The lowest BCUT2D eigenvalue weighted by atomic mass is 10.3. The quantitative estimate of drug-likeness (QED) is 0.368. The smallest absolute Gasteiger partial charge is 0.191 e. The Balaban J connectivity index is 1.73. The van der Waals surface area contributed by atoms with Gasteiger partial charge in [0.15, 0.2) is 10.2 Å². The molecule has 0 atom stereocenters. The Morgan fingerprint density at radius 2 is 1.28 bits per heavy atom. The molecule has 0 radical (unpaired) electrons. The van der Waals surface area contributed by atoms with Crippen LogP contribution in [0, 0.1) is 0 Å². The lowest BCUT2D eigenvalue weighted by molar-refractivity contribution is 1.03. The van der Waals surface area contributed by atoms with Crippen molar-refractivity contribution in [1.29, 1.82) is 0 Å². The minimum absolute atomic E-state index is 0.393. The fraction of sp³-hybridized carbons (Fsp3) is 0.0588. The maximum Gasteiger partial charge on any atom is 0.191 e. The Hall–Kier alpha value is -2.84. The molecule has 0 aromatic heterocycles. The molecule has 0 bridgehead atoms. The Morgan fingerprint density at radius 3 is 1.80 bits per heavy atom. The molecule has 0 saturated heterocycles. The van der Waals surface area contributed by atoms with Gasteiger partial charge in [-0.1, -0.05) is 36.4 Å². The Kier molecular flexibility index (Phi) is 7.48. The van der Waals surface area contributed by atoms with Crippen molar-refractivity contribution >= 4 is 58.0 Å². The van der Waals surface area contributed by atoms with Gasteiger partial charge in [0.25, 0.3) is 0 Å². The predicted molar refractivity (Wildman–Crippen MR) is 113 cm³/mol. The molecule has 25 heavy (non-hydrogen) atoms. The summed E-state index contributed by atoms with van der Waals surface area (Å²) in [7, 11) is 0. The molecule has 0 amide bonds. The molecule has 0 heterocycles. The number of para-hydroxylation sites is 2. The number of nitrogens with one attached hydrogen (secondary N) is 4. The SMILES string of the molecule is CC(C=NNC(=S)Nc1ccccc1)=NNC(=S)Nc1ccccc1. The highest BCUT2D eigenvalue weighted by atomic mass is 32.1. The Morgan fingerprint density at radius 1 is 0.800 bits per heavy atom. The van der Waals surface area contributed by atoms with Gasteiger partial charge in [-0.25, -0.2) is 0 Å². The number of hydrogen-bond acceptors (Lipinski definition) is 4. The lowest BCUT2D eigenvalue weighted by Crippen LogP contribution is -2.26. The van der Waals surface area contributed by atoms with Gasteiger partial charge in [-0.3, -0.25) is 10.9 Å². The van der Waals surface area contributed by atoms with Crippen LogP contribution in [0.4, 0.5) is 11.4 Å². The number of rotatable bonds is 5. The van der Waals surface area contributed by atoms with Crippen molar-refractivity contribution in [3.63, 3.8) is 0 Å². The van der Waals surface area contributed by atoms with E-state index in [4.69, 9.17) is 24.4 Å². The number of anilines is 2. The monoisotopic (exact) mass is 370 g/mol. The van der Waals surface area contributed by atoms with Crippen molar-refractivity contribution in [2.24, 2.45) is 10.2 Å². The zero-order valence-corrected chi connectivity index (χ0v) is 15.2. The van der Waals surface area contributed by atoms with E-state index < -0.39 is 0 Å². The van der Waals surface area contributed by atoms with Crippen molar-refractivity contribution in [2.45, 2.75) is 6.92 Å². The van der Waals surface area contributed by atoms with Crippen LogP contribution in [0.15, 0.2) is 70.9 Å². The Bertz CT molecular complexity index is 759. The second-order valence-electron chi connectivity index (χ2n) is 4.88. The standard InChI is InChI=1S/C17H18N6S2/c1-13(21-23-17(25)20-15-10-6-3-7-11-15)12-18-22-16(24)19-14-8-4-2-5-9-14/h2-12H,1H3,(H2,19,22,24)(H2,20,23,25). The molecule has 0 aliphatic heterocycles. The first kappa shape index (κ1) is 18.5. The average molecular weight is 371 g/mol. The lowest BCUT2D eigenvalue weighted by Gasteiger charge is -2.07. The second kappa shape index (κ2) is 10.1. The van der Waals surface area contributed by atoms with E-state index in [0.29, 0.717) is 15.9 Å². The molecule has 0 aliphatic rings. The first-order valence-electron chi connectivity index (χ1n) is 7.45. The molecule has 0 spiro atoms. The molecule has 128 valence electrons. The molecule has 0 aliphatic carbocycles. The van der Waals surface area contributed by atoms with Gasteiger partial charge in [0.1, 0.15) is 0 Å². The van der Waals surface area contributed by atoms with Crippen LogP contribution in [-0.2, 0) is 0 Å². The molecule has 8 heteroatoms. The number of thiocarbonyl (C=S) groups is 2. The van der Waals surface area contributed by atoms with E-state index in [1.807, 2.05) is 60.7 Å². The zero-order chi connectivity index (χ0) is 17.9. The van der Waals surface area contributed by atoms with E-state index in [0.717, 1.165) is 11.4 Å². The molecule has 0 fully saturated rings. The summed E-state index contributed by atoms with van der Waals surface area (Å²) < 4.78 is 0. The summed E-state index contributed by atoms with van der Waals surface area (Å²) in [6.45, 7) is 1.79. The number of benzene rings is 2. The van der Waals surface area contributed by atoms with Gasteiger partial charge in [0.2, 0.25) is 0 Å². The van der Waals surface area contributed by atoms with Crippen molar-refractivity contribution < 1.29 is 0 Å².